The van der Waals surface area contributed by atoms with Crippen molar-refractivity contribution in [1.82, 2.24) is 0 Å². The molecule has 1 aliphatic heterocycles. The van der Waals surface area contributed by atoms with Crippen LogP contribution in [0.25, 0.3) is 0 Å². The van der Waals surface area contributed by atoms with Gasteiger partial charge in [0, 0.05) is 18.3 Å². The molecular formula is C14H19NO5. The first-order chi connectivity index (χ1) is 9.63. The molecule has 6 heteroatoms. The molecule has 2 N–H and O–H groups in total. The van der Waals surface area contributed by atoms with Crippen LogP contribution in [0.3, 0.4) is 0 Å². The van der Waals surface area contributed by atoms with Crippen LogP contribution in [0.2, 0.25) is 0 Å². The van der Waals surface area contributed by atoms with Crippen molar-refractivity contribution >= 4 is 11.7 Å². The Balaban J connectivity index is 1.90. The number of methoxy groups -OCH3 is 2. The molecule has 0 radical (unpaired) electrons. The monoisotopic (exact) mass is 281 g/mol. The summed E-state index contributed by atoms with van der Waals surface area (Å²) >= 11 is 0. The molecule has 0 aliphatic carbocycles. The minimum absolute atomic E-state index is 0.0794. The van der Waals surface area contributed by atoms with Gasteiger partial charge >= 0.3 is 5.97 Å². The van der Waals surface area contributed by atoms with Gasteiger partial charge in [-0.2, -0.15) is 0 Å². The van der Waals surface area contributed by atoms with Gasteiger partial charge in [-0.25, -0.2) is 4.79 Å². The highest BCUT2D eigenvalue weighted by molar-refractivity contribution is 5.72. The van der Waals surface area contributed by atoms with E-state index in [0.717, 1.165) is 12.1 Å². The van der Waals surface area contributed by atoms with Crippen molar-refractivity contribution in [2.75, 3.05) is 26.1 Å². The van der Waals surface area contributed by atoms with E-state index in [-0.39, 0.29) is 6.10 Å². The fraction of sp³-hybridized carbons (Fsp3) is 0.500. The van der Waals surface area contributed by atoms with E-state index in [1.165, 1.54) is 0 Å². The van der Waals surface area contributed by atoms with E-state index < -0.39 is 12.1 Å². The van der Waals surface area contributed by atoms with Crippen molar-refractivity contribution in [3.05, 3.63) is 18.2 Å². The number of aliphatic carboxylic acids is 1. The lowest BCUT2D eigenvalue weighted by Crippen LogP contribution is -2.24. The Hall–Kier alpha value is -1.95. The third kappa shape index (κ3) is 3.33. The zero-order chi connectivity index (χ0) is 14.5. The maximum absolute atomic E-state index is 10.8. The summed E-state index contributed by atoms with van der Waals surface area (Å²) in [4.78, 5) is 10.8. The number of nitrogens with one attached hydrogen (secondary N) is 1. The van der Waals surface area contributed by atoms with Crippen LogP contribution in [0.15, 0.2) is 18.2 Å². The summed E-state index contributed by atoms with van der Waals surface area (Å²) in [5.41, 5.74) is 0.880. The Kier molecular flexibility index (Phi) is 4.68. The second-order valence-corrected chi connectivity index (χ2v) is 4.61. The molecule has 6 nitrogen and oxygen atoms in total. The van der Waals surface area contributed by atoms with Crippen LogP contribution in [0, 0.1) is 0 Å². The number of hydrogen-bond acceptors (Lipinski definition) is 5. The lowest BCUT2D eigenvalue weighted by Gasteiger charge is -2.15. The predicted octanol–water partition coefficient (Wildman–Crippen LogP) is 1.75. The molecule has 2 rings (SSSR count). The molecule has 20 heavy (non-hydrogen) atoms. The molecule has 2 unspecified atom stereocenters. The molecular weight excluding hydrogens is 262 g/mol. The number of benzene rings is 1. The Morgan fingerprint density at radius 1 is 1.35 bits per heavy atom. The second-order valence-electron chi connectivity index (χ2n) is 4.61. The van der Waals surface area contributed by atoms with Gasteiger partial charge in [-0.1, -0.05) is 0 Å². The van der Waals surface area contributed by atoms with Crippen molar-refractivity contribution in [3.63, 3.8) is 0 Å². The number of rotatable bonds is 6. The maximum Gasteiger partial charge on any atom is 0.332 e. The smallest absolute Gasteiger partial charge is 0.332 e. The van der Waals surface area contributed by atoms with Crippen LogP contribution in [0.5, 0.6) is 11.5 Å². The van der Waals surface area contributed by atoms with Gasteiger partial charge in [-0.05, 0) is 25.0 Å². The average Bonchev–Trinajstić information content (AvgIpc) is 2.94. The number of hydrogen-bond donors (Lipinski definition) is 2. The van der Waals surface area contributed by atoms with Crippen molar-refractivity contribution in [2.45, 2.75) is 25.0 Å². The van der Waals surface area contributed by atoms with E-state index in [1.54, 1.807) is 14.2 Å². The third-order valence-corrected chi connectivity index (χ3v) is 3.30. The molecule has 0 saturated carbocycles. The summed E-state index contributed by atoms with van der Waals surface area (Å²) in [6, 6.07) is 5.53. The molecule has 1 aromatic carbocycles. The largest absolute Gasteiger partial charge is 0.493 e. The summed E-state index contributed by atoms with van der Waals surface area (Å²) in [6.07, 6.45) is 0.557. The Morgan fingerprint density at radius 2 is 2.10 bits per heavy atom. The van der Waals surface area contributed by atoms with Gasteiger partial charge in [-0.15, -0.1) is 0 Å². The van der Waals surface area contributed by atoms with Crippen molar-refractivity contribution in [1.29, 1.82) is 0 Å². The van der Waals surface area contributed by atoms with Crippen LogP contribution in [-0.2, 0) is 9.53 Å². The Bertz CT molecular complexity index is 477. The van der Waals surface area contributed by atoms with E-state index in [2.05, 4.69) is 5.32 Å². The molecule has 0 amide bonds. The summed E-state index contributed by atoms with van der Waals surface area (Å²) < 4.78 is 15.8. The highest BCUT2D eigenvalue weighted by Gasteiger charge is 2.30. The van der Waals surface area contributed by atoms with Crippen molar-refractivity contribution < 1.29 is 24.1 Å². The normalized spacial score (nSPS) is 21.5. The molecule has 1 saturated heterocycles. The van der Waals surface area contributed by atoms with Gasteiger partial charge < -0.3 is 24.6 Å². The number of anilines is 1. The highest BCUT2D eigenvalue weighted by Crippen LogP contribution is 2.30. The summed E-state index contributed by atoms with van der Waals surface area (Å²) in [5.74, 6) is 0.424. The van der Waals surface area contributed by atoms with Gasteiger partial charge in [0.05, 0.1) is 20.3 Å². The van der Waals surface area contributed by atoms with Gasteiger partial charge in [0.25, 0.3) is 0 Å². The SMILES string of the molecule is COc1ccc(NCC2CCC(C(=O)O)O2)cc1OC. The van der Waals surface area contributed by atoms with Crippen LogP contribution >= 0.6 is 0 Å². The molecule has 2 atom stereocenters. The quantitative estimate of drug-likeness (QED) is 0.827. The van der Waals surface area contributed by atoms with Crippen LogP contribution in [0.1, 0.15) is 12.8 Å². The fourth-order valence-corrected chi connectivity index (χ4v) is 2.22. The Morgan fingerprint density at radius 3 is 2.70 bits per heavy atom. The average molecular weight is 281 g/mol. The molecule has 0 spiro atoms. The first-order valence-electron chi connectivity index (χ1n) is 6.48. The minimum atomic E-state index is -0.890. The maximum atomic E-state index is 10.8. The molecule has 1 heterocycles. The standard InChI is InChI=1S/C14H19NO5/c1-18-11-5-3-9(7-13(11)19-2)15-8-10-4-6-12(20-10)14(16)17/h3,5,7,10,12,15H,4,6,8H2,1-2H3,(H,16,17). The van der Waals surface area contributed by atoms with Crippen molar-refractivity contribution in [2.24, 2.45) is 0 Å². The molecule has 1 aromatic rings. The van der Waals surface area contributed by atoms with Crippen molar-refractivity contribution in [3.8, 4) is 11.5 Å². The lowest BCUT2D eigenvalue weighted by atomic mass is 10.2. The topological polar surface area (TPSA) is 77.0 Å². The van der Waals surface area contributed by atoms with E-state index >= 15 is 0 Å². The first-order valence-corrected chi connectivity index (χ1v) is 6.48. The summed E-state index contributed by atoms with van der Waals surface area (Å²) in [6.45, 7) is 0.569. The summed E-state index contributed by atoms with van der Waals surface area (Å²) in [7, 11) is 3.17. The molecule has 0 bridgehead atoms. The second kappa shape index (κ2) is 6.47. The molecule has 1 fully saturated rings. The van der Waals surface area contributed by atoms with E-state index in [9.17, 15) is 4.79 Å². The molecule has 110 valence electrons. The minimum Gasteiger partial charge on any atom is -0.493 e. The van der Waals surface area contributed by atoms with E-state index in [1.807, 2.05) is 18.2 Å². The third-order valence-electron chi connectivity index (χ3n) is 3.30. The predicted molar refractivity (Wildman–Crippen MR) is 73.6 cm³/mol. The fourth-order valence-electron chi connectivity index (χ4n) is 2.22. The molecule has 1 aliphatic rings. The van der Waals surface area contributed by atoms with Gasteiger partial charge in [0.15, 0.2) is 17.6 Å². The Labute approximate surface area is 117 Å². The van der Waals surface area contributed by atoms with E-state index in [0.29, 0.717) is 24.5 Å². The number of carbonyl (C=O) groups is 1. The number of ether oxygens (including phenoxy) is 3. The van der Waals surface area contributed by atoms with E-state index in [4.69, 9.17) is 19.3 Å². The molecule has 0 aromatic heterocycles. The number of carboxylic acid groups (broad SMARTS) is 1. The highest BCUT2D eigenvalue weighted by atomic mass is 16.5. The van der Waals surface area contributed by atoms with Crippen LogP contribution in [-0.4, -0.2) is 44.0 Å². The first kappa shape index (κ1) is 14.5. The zero-order valence-electron chi connectivity index (χ0n) is 11.6. The van der Waals surface area contributed by atoms with Crippen LogP contribution < -0.4 is 14.8 Å². The zero-order valence-corrected chi connectivity index (χ0v) is 11.6. The summed E-state index contributed by atoms with van der Waals surface area (Å²) in [5, 5.41) is 12.1. The van der Waals surface area contributed by atoms with Gasteiger partial charge in [0.1, 0.15) is 0 Å². The van der Waals surface area contributed by atoms with Gasteiger partial charge in [-0.3, -0.25) is 0 Å². The lowest BCUT2D eigenvalue weighted by molar-refractivity contribution is -0.149. The number of carboxylic acids is 1. The van der Waals surface area contributed by atoms with Gasteiger partial charge in [0.2, 0.25) is 0 Å². The van der Waals surface area contributed by atoms with Crippen LogP contribution in [0.4, 0.5) is 5.69 Å².